The second kappa shape index (κ2) is 6.50. The second-order valence-electron chi connectivity index (χ2n) is 7.30. The zero-order valence-corrected chi connectivity index (χ0v) is 13.8. The first kappa shape index (κ1) is 15.1. The Balaban J connectivity index is 1.66. The quantitative estimate of drug-likeness (QED) is 0.891. The molecule has 2 fully saturated rings. The molecule has 0 saturated heterocycles. The Morgan fingerprint density at radius 1 is 1.14 bits per heavy atom. The molecule has 2 nitrogen and oxygen atoms in total. The Kier molecular flexibility index (Phi) is 4.66. The average Bonchev–Trinajstić information content (AvgIpc) is 3.22. The molecule has 116 valence electrons. The van der Waals surface area contributed by atoms with Gasteiger partial charge >= 0.3 is 0 Å². The molecule has 2 aliphatic rings. The van der Waals surface area contributed by atoms with Gasteiger partial charge in [-0.3, -0.25) is 0 Å². The molecule has 1 N–H and O–H groups in total. The minimum absolute atomic E-state index is 0.656. The van der Waals surface area contributed by atoms with Gasteiger partial charge in [-0.05, 0) is 63.1 Å². The van der Waals surface area contributed by atoms with E-state index in [9.17, 15) is 0 Å². The largest absolute Gasteiger partial charge is 0.315 e. The Morgan fingerprint density at radius 3 is 2.48 bits per heavy atom. The van der Waals surface area contributed by atoms with Crippen molar-refractivity contribution in [3.8, 4) is 0 Å². The van der Waals surface area contributed by atoms with E-state index in [1.54, 1.807) is 0 Å². The molecule has 3 rings (SSSR count). The molecule has 5 atom stereocenters. The molecule has 0 spiro atoms. The lowest BCUT2D eigenvalue weighted by Crippen LogP contribution is -2.51. The van der Waals surface area contributed by atoms with Crippen LogP contribution in [0.15, 0.2) is 30.3 Å². The van der Waals surface area contributed by atoms with E-state index < -0.39 is 0 Å². The molecule has 0 aliphatic heterocycles. The van der Waals surface area contributed by atoms with Crippen molar-refractivity contribution in [3.63, 3.8) is 0 Å². The predicted molar refractivity (Wildman–Crippen MR) is 89.6 cm³/mol. The highest BCUT2D eigenvalue weighted by atomic mass is 15.2. The van der Waals surface area contributed by atoms with Gasteiger partial charge in [-0.25, -0.2) is 0 Å². The summed E-state index contributed by atoms with van der Waals surface area (Å²) in [6.45, 7) is 3.67. The second-order valence-corrected chi connectivity index (χ2v) is 7.30. The molecular formula is C19H30N2. The van der Waals surface area contributed by atoms with Crippen molar-refractivity contribution in [2.75, 3.05) is 20.6 Å². The van der Waals surface area contributed by atoms with Crippen LogP contribution in [-0.4, -0.2) is 37.6 Å². The number of likely N-dealkylation sites (N-methyl/N-ethyl adjacent to an activating group) is 2. The van der Waals surface area contributed by atoms with Crippen LogP contribution in [0.4, 0.5) is 0 Å². The van der Waals surface area contributed by atoms with E-state index in [4.69, 9.17) is 0 Å². The van der Waals surface area contributed by atoms with Gasteiger partial charge < -0.3 is 10.2 Å². The summed E-state index contributed by atoms with van der Waals surface area (Å²) in [5.41, 5.74) is 1.53. The van der Waals surface area contributed by atoms with Crippen LogP contribution in [0.3, 0.4) is 0 Å². The minimum Gasteiger partial charge on any atom is -0.315 e. The van der Waals surface area contributed by atoms with Crippen LogP contribution in [-0.2, 0) is 0 Å². The maximum Gasteiger partial charge on any atom is 0.0252 e. The van der Waals surface area contributed by atoms with Gasteiger partial charge in [0.1, 0.15) is 0 Å². The Hall–Kier alpha value is -0.860. The molecule has 2 aliphatic carbocycles. The molecule has 0 bridgehead atoms. The van der Waals surface area contributed by atoms with Gasteiger partial charge in [-0.15, -0.1) is 0 Å². The van der Waals surface area contributed by atoms with Gasteiger partial charge in [0.25, 0.3) is 0 Å². The lowest BCUT2D eigenvalue weighted by atomic mass is 9.78. The van der Waals surface area contributed by atoms with Crippen molar-refractivity contribution in [2.24, 2.45) is 11.8 Å². The number of hydrogen-bond donors (Lipinski definition) is 1. The summed E-state index contributed by atoms with van der Waals surface area (Å²) < 4.78 is 0. The van der Waals surface area contributed by atoms with Crippen molar-refractivity contribution in [3.05, 3.63) is 35.9 Å². The highest BCUT2D eigenvalue weighted by molar-refractivity contribution is 5.21. The normalized spacial score (nSPS) is 35.9. The summed E-state index contributed by atoms with van der Waals surface area (Å²) in [5.74, 6) is 2.64. The Bertz CT molecular complexity index is 444. The van der Waals surface area contributed by atoms with Gasteiger partial charge in [0.15, 0.2) is 0 Å². The molecular weight excluding hydrogens is 256 g/mol. The molecule has 1 aromatic carbocycles. The van der Waals surface area contributed by atoms with E-state index in [2.05, 4.69) is 61.6 Å². The standard InChI is InChI=1S/C19H30N2/c1-14-11-17(14)13-21(3)19-12-16(9-10-18(19)20-2)15-7-5-4-6-8-15/h4-8,14,16-20H,9-13H2,1-3H3. The molecule has 5 unspecified atom stereocenters. The molecule has 0 amide bonds. The lowest BCUT2D eigenvalue weighted by Gasteiger charge is -2.41. The molecule has 2 saturated carbocycles. The summed E-state index contributed by atoms with van der Waals surface area (Å²) in [6.07, 6.45) is 5.35. The van der Waals surface area contributed by atoms with Gasteiger partial charge in [-0.1, -0.05) is 37.3 Å². The Labute approximate surface area is 129 Å². The van der Waals surface area contributed by atoms with Crippen LogP contribution in [0, 0.1) is 11.8 Å². The number of rotatable bonds is 5. The van der Waals surface area contributed by atoms with Crippen molar-refractivity contribution in [2.45, 2.75) is 50.6 Å². The first-order valence-electron chi connectivity index (χ1n) is 8.61. The van der Waals surface area contributed by atoms with Crippen LogP contribution in [0.5, 0.6) is 0 Å². The maximum atomic E-state index is 3.57. The molecule has 21 heavy (non-hydrogen) atoms. The van der Waals surface area contributed by atoms with E-state index >= 15 is 0 Å². The average molecular weight is 286 g/mol. The Morgan fingerprint density at radius 2 is 1.86 bits per heavy atom. The fourth-order valence-electron chi connectivity index (χ4n) is 4.16. The summed E-state index contributed by atoms with van der Waals surface area (Å²) in [5, 5.41) is 3.57. The van der Waals surface area contributed by atoms with Crippen molar-refractivity contribution in [1.82, 2.24) is 10.2 Å². The zero-order valence-electron chi connectivity index (χ0n) is 13.8. The van der Waals surface area contributed by atoms with Crippen molar-refractivity contribution in [1.29, 1.82) is 0 Å². The van der Waals surface area contributed by atoms with Crippen LogP contribution in [0.1, 0.15) is 44.1 Å². The highest BCUT2D eigenvalue weighted by Gasteiger charge is 2.38. The lowest BCUT2D eigenvalue weighted by molar-refractivity contribution is 0.136. The third-order valence-electron chi connectivity index (χ3n) is 5.82. The van der Waals surface area contributed by atoms with E-state index in [-0.39, 0.29) is 0 Å². The fraction of sp³-hybridized carbons (Fsp3) is 0.684. The molecule has 0 radical (unpaired) electrons. The fourth-order valence-corrected chi connectivity index (χ4v) is 4.16. The first-order valence-corrected chi connectivity index (χ1v) is 8.61. The maximum absolute atomic E-state index is 3.57. The van der Waals surface area contributed by atoms with E-state index in [0.717, 1.165) is 17.8 Å². The molecule has 0 heterocycles. The van der Waals surface area contributed by atoms with Gasteiger partial charge in [0.2, 0.25) is 0 Å². The van der Waals surface area contributed by atoms with E-state index in [0.29, 0.717) is 12.1 Å². The summed E-state index contributed by atoms with van der Waals surface area (Å²) in [6, 6.07) is 12.5. The first-order chi connectivity index (χ1) is 10.2. The van der Waals surface area contributed by atoms with Crippen LogP contribution >= 0.6 is 0 Å². The number of benzene rings is 1. The smallest absolute Gasteiger partial charge is 0.0252 e. The predicted octanol–water partition coefficient (Wildman–Crippen LogP) is 3.50. The van der Waals surface area contributed by atoms with Crippen LogP contribution in [0.2, 0.25) is 0 Å². The van der Waals surface area contributed by atoms with E-state index in [1.807, 2.05) is 0 Å². The van der Waals surface area contributed by atoms with Crippen LogP contribution in [0.25, 0.3) is 0 Å². The molecule has 2 heteroatoms. The zero-order chi connectivity index (χ0) is 14.8. The molecule has 0 aromatic heterocycles. The van der Waals surface area contributed by atoms with Gasteiger partial charge in [0, 0.05) is 18.6 Å². The van der Waals surface area contributed by atoms with Gasteiger partial charge in [-0.2, -0.15) is 0 Å². The van der Waals surface area contributed by atoms with E-state index in [1.165, 1.54) is 37.8 Å². The number of nitrogens with zero attached hydrogens (tertiary/aromatic N) is 1. The monoisotopic (exact) mass is 286 g/mol. The summed E-state index contributed by atoms with van der Waals surface area (Å²) in [7, 11) is 4.47. The topological polar surface area (TPSA) is 15.3 Å². The SMILES string of the molecule is CNC1CCC(c2ccccc2)CC1N(C)CC1CC1C. The number of nitrogens with one attached hydrogen (secondary N) is 1. The summed E-state index contributed by atoms with van der Waals surface area (Å²) in [4.78, 5) is 2.64. The third-order valence-corrected chi connectivity index (χ3v) is 5.82. The van der Waals surface area contributed by atoms with Crippen molar-refractivity contribution < 1.29 is 0 Å². The summed E-state index contributed by atoms with van der Waals surface area (Å²) >= 11 is 0. The van der Waals surface area contributed by atoms with Crippen molar-refractivity contribution >= 4 is 0 Å². The van der Waals surface area contributed by atoms with Gasteiger partial charge in [0.05, 0.1) is 0 Å². The highest BCUT2D eigenvalue weighted by Crippen LogP contribution is 2.40. The van der Waals surface area contributed by atoms with Crippen LogP contribution < -0.4 is 5.32 Å². The minimum atomic E-state index is 0.656. The third kappa shape index (κ3) is 3.49. The number of hydrogen-bond acceptors (Lipinski definition) is 2. The molecule has 1 aromatic rings.